The molecule has 0 radical (unpaired) electrons. The molecular weight excluding hydrogens is 322 g/mol. The average Bonchev–Trinajstić information content (AvgIpc) is 2.60. The van der Waals surface area contributed by atoms with Gasteiger partial charge in [-0.3, -0.25) is 10.1 Å². The Labute approximate surface area is 144 Å². The van der Waals surface area contributed by atoms with Crippen LogP contribution in [0.3, 0.4) is 0 Å². The number of carbonyl (C=O) groups is 1. The number of fused-ring (bicyclic) bond motifs is 1. The van der Waals surface area contributed by atoms with Crippen LogP contribution in [0.1, 0.15) is 35.1 Å². The Kier molecular flexibility index (Phi) is 4.52. The summed E-state index contributed by atoms with van der Waals surface area (Å²) < 4.78 is 0. The maximum Gasteiger partial charge on any atom is 0.336 e. The van der Waals surface area contributed by atoms with Crippen molar-refractivity contribution in [3.63, 3.8) is 0 Å². The number of nitro groups is 1. The molecule has 0 heterocycles. The third kappa shape index (κ3) is 3.52. The van der Waals surface area contributed by atoms with Gasteiger partial charge in [0.05, 0.1) is 10.5 Å². The largest absolute Gasteiger partial charge is 0.502 e. The minimum atomic E-state index is -1.11. The Morgan fingerprint density at radius 2 is 1.80 bits per heavy atom. The average molecular weight is 339 g/mol. The number of hydrogen-bond donors (Lipinski definition) is 2. The lowest BCUT2D eigenvalue weighted by atomic mass is 9.89. The van der Waals surface area contributed by atoms with Crippen LogP contribution in [0.2, 0.25) is 0 Å². The van der Waals surface area contributed by atoms with Crippen molar-refractivity contribution < 1.29 is 19.9 Å². The molecule has 0 fully saturated rings. The molecule has 6 nitrogen and oxygen atoms in total. The van der Waals surface area contributed by atoms with E-state index in [0.29, 0.717) is 11.1 Å². The molecule has 128 valence electrons. The fourth-order valence-corrected chi connectivity index (χ4v) is 3.11. The molecule has 0 atom stereocenters. The van der Waals surface area contributed by atoms with Gasteiger partial charge in [-0.1, -0.05) is 24.3 Å². The molecule has 0 spiro atoms. The predicted octanol–water partition coefficient (Wildman–Crippen LogP) is 3.80. The van der Waals surface area contributed by atoms with Crippen molar-refractivity contribution in [2.24, 2.45) is 0 Å². The number of hydrogen-bond acceptors (Lipinski definition) is 4. The molecule has 0 bridgehead atoms. The van der Waals surface area contributed by atoms with Gasteiger partial charge in [-0.25, -0.2) is 4.79 Å². The summed E-state index contributed by atoms with van der Waals surface area (Å²) in [5, 5.41) is 30.0. The van der Waals surface area contributed by atoms with Gasteiger partial charge in [0.15, 0.2) is 5.75 Å². The van der Waals surface area contributed by atoms with Crippen LogP contribution in [0, 0.1) is 10.1 Å². The Hall–Kier alpha value is -3.15. The van der Waals surface area contributed by atoms with Crippen molar-refractivity contribution in [2.45, 2.75) is 25.7 Å². The molecule has 3 rings (SSSR count). The highest BCUT2D eigenvalue weighted by Crippen LogP contribution is 2.30. The number of benzene rings is 2. The van der Waals surface area contributed by atoms with E-state index >= 15 is 0 Å². The van der Waals surface area contributed by atoms with E-state index in [4.69, 9.17) is 0 Å². The standard InChI is InChI=1S/C19H17NO5/c21-18-8-5-12(10-17(18)20(24)25)9-16(19(22)23)15-7-6-13-3-1-2-4-14(13)11-15/h5-11,21H,1-4H2,(H,22,23)/b16-9-. The molecule has 0 unspecified atom stereocenters. The van der Waals surface area contributed by atoms with Crippen molar-refractivity contribution >= 4 is 23.3 Å². The highest BCUT2D eigenvalue weighted by atomic mass is 16.6. The maximum atomic E-state index is 11.7. The molecule has 0 saturated heterocycles. The number of aliphatic carboxylic acids is 1. The van der Waals surface area contributed by atoms with Crippen LogP contribution in [-0.4, -0.2) is 21.1 Å². The molecule has 25 heavy (non-hydrogen) atoms. The lowest BCUT2D eigenvalue weighted by molar-refractivity contribution is -0.385. The molecule has 0 saturated carbocycles. The van der Waals surface area contributed by atoms with Gasteiger partial charge in [0.25, 0.3) is 0 Å². The first-order valence-electron chi connectivity index (χ1n) is 8.00. The summed E-state index contributed by atoms with van der Waals surface area (Å²) in [5.41, 5.74) is 2.94. The Bertz CT molecular complexity index is 885. The number of aromatic hydroxyl groups is 1. The zero-order chi connectivity index (χ0) is 18.0. The van der Waals surface area contributed by atoms with Crippen molar-refractivity contribution in [1.29, 1.82) is 0 Å². The monoisotopic (exact) mass is 339 g/mol. The third-order valence-corrected chi connectivity index (χ3v) is 4.40. The molecule has 2 N–H and O–H groups in total. The lowest BCUT2D eigenvalue weighted by Crippen LogP contribution is -2.05. The number of aryl methyl sites for hydroxylation is 2. The second-order valence-electron chi connectivity index (χ2n) is 6.06. The molecule has 2 aromatic rings. The summed E-state index contributed by atoms with van der Waals surface area (Å²) in [4.78, 5) is 21.9. The Morgan fingerprint density at radius 1 is 1.08 bits per heavy atom. The summed E-state index contributed by atoms with van der Waals surface area (Å²) in [6, 6.07) is 9.43. The smallest absolute Gasteiger partial charge is 0.336 e. The maximum absolute atomic E-state index is 11.7. The van der Waals surface area contributed by atoms with E-state index in [1.165, 1.54) is 23.8 Å². The first-order valence-corrected chi connectivity index (χ1v) is 8.00. The van der Waals surface area contributed by atoms with Crippen LogP contribution in [0.4, 0.5) is 5.69 Å². The molecule has 2 aromatic carbocycles. The third-order valence-electron chi connectivity index (χ3n) is 4.40. The zero-order valence-electron chi connectivity index (χ0n) is 13.4. The van der Waals surface area contributed by atoms with E-state index in [1.54, 1.807) is 6.07 Å². The van der Waals surface area contributed by atoms with Crippen molar-refractivity contribution in [3.8, 4) is 5.75 Å². The Balaban J connectivity index is 2.05. The highest BCUT2D eigenvalue weighted by Gasteiger charge is 2.17. The summed E-state index contributed by atoms with van der Waals surface area (Å²) in [5.74, 6) is -1.56. The van der Waals surface area contributed by atoms with Gasteiger partial charge in [0.2, 0.25) is 0 Å². The topological polar surface area (TPSA) is 101 Å². The second-order valence-corrected chi connectivity index (χ2v) is 6.06. The number of nitro benzene ring substituents is 1. The van der Waals surface area contributed by atoms with Gasteiger partial charge in [-0.05, 0) is 60.1 Å². The van der Waals surface area contributed by atoms with Crippen LogP contribution in [-0.2, 0) is 17.6 Å². The van der Waals surface area contributed by atoms with Crippen molar-refractivity contribution in [2.75, 3.05) is 0 Å². The number of nitrogens with zero attached hydrogens (tertiary/aromatic N) is 1. The number of phenols is 1. The lowest BCUT2D eigenvalue weighted by Gasteiger charge is -2.16. The summed E-state index contributed by atoms with van der Waals surface area (Å²) >= 11 is 0. The van der Waals surface area contributed by atoms with Gasteiger partial charge in [0, 0.05) is 6.07 Å². The normalized spacial score (nSPS) is 14.0. The van der Waals surface area contributed by atoms with Crippen LogP contribution >= 0.6 is 0 Å². The minimum absolute atomic E-state index is 0.0633. The molecular formula is C19H17NO5. The first-order chi connectivity index (χ1) is 12.0. The van der Waals surface area contributed by atoms with E-state index in [0.717, 1.165) is 37.3 Å². The van der Waals surface area contributed by atoms with E-state index in [9.17, 15) is 25.1 Å². The van der Waals surface area contributed by atoms with Crippen molar-refractivity contribution in [1.82, 2.24) is 0 Å². The van der Waals surface area contributed by atoms with Gasteiger partial charge >= 0.3 is 11.7 Å². The Morgan fingerprint density at radius 3 is 2.48 bits per heavy atom. The number of phenolic OH excluding ortho intramolecular Hbond substituents is 1. The number of carboxylic acids is 1. The molecule has 0 aliphatic heterocycles. The van der Waals surface area contributed by atoms with Crippen LogP contribution in [0.15, 0.2) is 36.4 Å². The molecule has 0 amide bonds. The first kappa shape index (κ1) is 16.7. The summed E-state index contributed by atoms with van der Waals surface area (Å²) in [6.45, 7) is 0. The van der Waals surface area contributed by atoms with Crippen LogP contribution in [0.5, 0.6) is 5.75 Å². The second kappa shape index (κ2) is 6.76. The predicted molar refractivity (Wildman–Crippen MR) is 93.4 cm³/mol. The quantitative estimate of drug-likeness (QED) is 0.382. The fourth-order valence-electron chi connectivity index (χ4n) is 3.11. The SMILES string of the molecule is O=C(O)/C(=C\c1ccc(O)c([N+](=O)[O-])c1)c1ccc2c(c1)CCCC2. The molecule has 1 aliphatic carbocycles. The summed E-state index contributed by atoms with van der Waals surface area (Å²) in [6.07, 6.45) is 5.56. The highest BCUT2D eigenvalue weighted by molar-refractivity contribution is 6.20. The van der Waals surface area contributed by atoms with Crippen LogP contribution < -0.4 is 0 Å². The zero-order valence-corrected chi connectivity index (χ0v) is 13.4. The van der Waals surface area contributed by atoms with Crippen molar-refractivity contribution in [3.05, 3.63) is 68.8 Å². The van der Waals surface area contributed by atoms with E-state index in [1.807, 2.05) is 12.1 Å². The van der Waals surface area contributed by atoms with Gasteiger partial charge in [0.1, 0.15) is 0 Å². The number of carboxylic acid groups (broad SMARTS) is 1. The van der Waals surface area contributed by atoms with Gasteiger partial charge in [-0.15, -0.1) is 0 Å². The van der Waals surface area contributed by atoms with E-state index in [-0.39, 0.29) is 5.57 Å². The minimum Gasteiger partial charge on any atom is -0.502 e. The molecule has 0 aromatic heterocycles. The fraction of sp³-hybridized carbons (Fsp3) is 0.211. The van der Waals surface area contributed by atoms with E-state index in [2.05, 4.69) is 0 Å². The van der Waals surface area contributed by atoms with E-state index < -0.39 is 22.3 Å². The van der Waals surface area contributed by atoms with Gasteiger partial charge < -0.3 is 10.2 Å². The van der Waals surface area contributed by atoms with Gasteiger partial charge in [-0.2, -0.15) is 0 Å². The summed E-state index contributed by atoms with van der Waals surface area (Å²) in [7, 11) is 0. The molecule has 1 aliphatic rings. The molecule has 6 heteroatoms. The number of rotatable bonds is 4. The van der Waals surface area contributed by atoms with Crippen LogP contribution in [0.25, 0.3) is 11.6 Å².